The van der Waals surface area contributed by atoms with Gasteiger partial charge in [0.25, 0.3) is 0 Å². The van der Waals surface area contributed by atoms with Crippen molar-refractivity contribution in [1.29, 1.82) is 0 Å². The molecule has 4 rings (SSSR count). The first-order valence-electron chi connectivity index (χ1n) is 12.4. The van der Waals surface area contributed by atoms with Gasteiger partial charge in [-0.25, -0.2) is 8.91 Å². The lowest BCUT2D eigenvalue weighted by molar-refractivity contribution is 0.299. The van der Waals surface area contributed by atoms with Crippen LogP contribution in [0.5, 0.6) is 11.6 Å². The molecule has 0 aliphatic rings. The van der Waals surface area contributed by atoms with Crippen LogP contribution in [-0.4, -0.2) is 40.2 Å². The Balaban J connectivity index is 1.69. The van der Waals surface area contributed by atoms with E-state index >= 15 is 4.39 Å². The maximum atomic E-state index is 15.1. The van der Waals surface area contributed by atoms with Gasteiger partial charge in [-0.05, 0) is 55.1 Å². The van der Waals surface area contributed by atoms with Crippen molar-refractivity contribution in [1.82, 2.24) is 24.7 Å². The Bertz CT molecular complexity index is 1420. The second-order valence-electron chi connectivity index (χ2n) is 10.5. The molecule has 3 heterocycles. The lowest BCUT2D eigenvalue weighted by atomic mass is 9.88. The molecule has 0 amide bonds. The largest absolute Gasteiger partial charge is 0.489 e. The molecule has 0 unspecified atom stereocenters. The fraction of sp³-hybridized carbons (Fsp3) is 0.429. The number of benzene rings is 1. The van der Waals surface area contributed by atoms with Crippen molar-refractivity contribution in [3.63, 3.8) is 0 Å². The van der Waals surface area contributed by atoms with Gasteiger partial charge in [0, 0.05) is 42.9 Å². The number of aromatic nitrogens is 4. The van der Waals surface area contributed by atoms with E-state index in [1.807, 2.05) is 31.8 Å². The summed E-state index contributed by atoms with van der Waals surface area (Å²) in [5.41, 5.74) is 6.02. The van der Waals surface area contributed by atoms with E-state index in [9.17, 15) is 4.39 Å². The van der Waals surface area contributed by atoms with Crippen LogP contribution in [0.25, 0.3) is 16.6 Å². The van der Waals surface area contributed by atoms with Gasteiger partial charge in [-0.15, -0.1) is 0 Å². The van der Waals surface area contributed by atoms with Crippen LogP contribution in [-0.2, 0) is 26.4 Å². The molecular formula is C28H35F2N5O2. The average molecular weight is 512 g/mol. The van der Waals surface area contributed by atoms with E-state index in [2.05, 4.69) is 36.3 Å². The molecule has 0 saturated heterocycles. The van der Waals surface area contributed by atoms with E-state index in [-0.39, 0.29) is 17.8 Å². The number of hydrogen-bond donors (Lipinski definition) is 1. The van der Waals surface area contributed by atoms with Gasteiger partial charge in [0.15, 0.2) is 11.6 Å². The maximum Gasteiger partial charge on any atom is 0.215 e. The van der Waals surface area contributed by atoms with Crippen molar-refractivity contribution in [2.24, 2.45) is 12.5 Å². The zero-order chi connectivity index (χ0) is 26.9. The number of nitrogens with zero attached hydrogens (tertiary/aromatic N) is 4. The van der Waals surface area contributed by atoms with E-state index in [1.165, 1.54) is 6.07 Å². The molecule has 0 spiro atoms. The van der Waals surface area contributed by atoms with Crippen molar-refractivity contribution in [3.8, 4) is 22.8 Å². The van der Waals surface area contributed by atoms with Crippen LogP contribution in [0.4, 0.5) is 8.78 Å². The van der Waals surface area contributed by atoms with Crippen molar-refractivity contribution < 1.29 is 18.3 Å². The number of hydrogen-bond acceptors (Lipinski definition) is 5. The van der Waals surface area contributed by atoms with Crippen molar-refractivity contribution >= 4 is 5.52 Å². The highest BCUT2D eigenvalue weighted by Crippen LogP contribution is 2.37. The Kier molecular flexibility index (Phi) is 7.54. The number of aryl methyl sites for hydroxylation is 1. The van der Waals surface area contributed by atoms with Gasteiger partial charge in [0.05, 0.1) is 31.1 Å². The summed E-state index contributed by atoms with van der Waals surface area (Å²) in [6.07, 6.45) is 3.09. The molecule has 198 valence electrons. The molecule has 4 aromatic rings. The number of methoxy groups -OCH3 is 1. The molecule has 0 fully saturated rings. The van der Waals surface area contributed by atoms with Gasteiger partial charge in [0.1, 0.15) is 0 Å². The number of halogens is 2. The predicted octanol–water partition coefficient (Wildman–Crippen LogP) is 5.26. The second kappa shape index (κ2) is 10.5. The van der Waals surface area contributed by atoms with E-state index in [4.69, 9.17) is 9.47 Å². The molecule has 9 heteroatoms. The van der Waals surface area contributed by atoms with Gasteiger partial charge in [0.2, 0.25) is 11.7 Å². The maximum absolute atomic E-state index is 15.1. The summed E-state index contributed by atoms with van der Waals surface area (Å²) < 4.78 is 44.5. The van der Waals surface area contributed by atoms with E-state index in [0.29, 0.717) is 30.0 Å². The van der Waals surface area contributed by atoms with Crippen LogP contribution in [0.15, 0.2) is 30.5 Å². The van der Waals surface area contributed by atoms with E-state index < -0.39 is 11.6 Å². The zero-order valence-corrected chi connectivity index (χ0v) is 22.6. The summed E-state index contributed by atoms with van der Waals surface area (Å²) in [6, 6.07) is 6.28. The summed E-state index contributed by atoms with van der Waals surface area (Å²) in [7, 11) is 5.31. The normalized spacial score (nSPS) is 11.9. The lowest BCUT2D eigenvalue weighted by Gasteiger charge is -2.18. The fourth-order valence-corrected chi connectivity index (χ4v) is 4.58. The van der Waals surface area contributed by atoms with Crippen molar-refractivity contribution in [2.75, 3.05) is 20.8 Å². The zero-order valence-electron chi connectivity index (χ0n) is 22.6. The topological polar surface area (TPSA) is 65.6 Å². The number of pyridine rings is 1. The molecule has 37 heavy (non-hydrogen) atoms. The molecule has 0 aliphatic carbocycles. The van der Waals surface area contributed by atoms with Crippen molar-refractivity contribution in [2.45, 2.75) is 47.1 Å². The summed E-state index contributed by atoms with van der Waals surface area (Å²) >= 11 is 0. The van der Waals surface area contributed by atoms with Crippen molar-refractivity contribution in [3.05, 3.63) is 64.6 Å². The first-order chi connectivity index (χ1) is 17.5. The Hall–Kier alpha value is -3.46. The minimum absolute atomic E-state index is 0.0652. The number of rotatable bonds is 9. The molecule has 1 N–H and O–H groups in total. The molecule has 0 bridgehead atoms. The average Bonchev–Trinajstić information content (AvgIpc) is 3.36. The highest BCUT2D eigenvalue weighted by atomic mass is 19.2. The first-order valence-corrected chi connectivity index (χ1v) is 12.4. The molecule has 1 aromatic carbocycles. The Morgan fingerprint density at radius 3 is 2.57 bits per heavy atom. The van der Waals surface area contributed by atoms with E-state index in [0.717, 1.165) is 40.5 Å². The Labute approximate surface area is 216 Å². The minimum Gasteiger partial charge on any atom is -0.489 e. The summed E-state index contributed by atoms with van der Waals surface area (Å²) in [5.74, 6) is -1.63. The third-order valence-electron chi connectivity index (χ3n) is 6.44. The summed E-state index contributed by atoms with van der Waals surface area (Å²) in [6.45, 7) is 9.28. The fourth-order valence-electron chi connectivity index (χ4n) is 4.58. The van der Waals surface area contributed by atoms with Crippen LogP contribution in [0, 0.1) is 24.0 Å². The molecule has 3 aromatic heterocycles. The van der Waals surface area contributed by atoms with Crippen LogP contribution in [0.3, 0.4) is 0 Å². The quantitative estimate of drug-likeness (QED) is 0.332. The van der Waals surface area contributed by atoms with Gasteiger partial charge in [-0.1, -0.05) is 20.8 Å². The number of ether oxygens (including phenoxy) is 2. The minimum atomic E-state index is -1.02. The lowest BCUT2D eigenvalue weighted by Crippen LogP contribution is -2.13. The highest BCUT2D eigenvalue weighted by molar-refractivity contribution is 5.76. The highest BCUT2D eigenvalue weighted by Gasteiger charge is 2.22. The van der Waals surface area contributed by atoms with Crippen LogP contribution >= 0.6 is 0 Å². The third-order valence-corrected chi connectivity index (χ3v) is 6.44. The summed E-state index contributed by atoms with van der Waals surface area (Å²) in [5, 5.41) is 12.2. The first kappa shape index (κ1) is 26.6. The molecule has 0 atom stereocenters. The standard InChI is InChI=1S/C28H35F2N5O2/c1-17-20(23(33-34(17)6)14-28(2,3)4)10-11-37-27-21(8-9-22(29)26(27)30)18-12-24-19(15-31-5)16-32-35(24)25(13-18)36-7/h8-9,12-13,16,31H,10-11,14-15H2,1-7H3. The van der Waals surface area contributed by atoms with Crippen LogP contribution < -0.4 is 14.8 Å². The third kappa shape index (κ3) is 5.46. The SMILES string of the molecule is CNCc1cnn2c(OC)cc(-c3ccc(F)c(F)c3OCCc3c(CC(C)(C)C)nn(C)c3C)cc12. The molecule has 0 aliphatic heterocycles. The van der Waals surface area contributed by atoms with Gasteiger partial charge < -0.3 is 14.8 Å². The molecule has 0 saturated carbocycles. The summed E-state index contributed by atoms with van der Waals surface area (Å²) in [4.78, 5) is 0. The monoisotopic (exact) mass is 511 g/mol. The van der Waals surface area contributed by atoms with Gasteiger partial charge >= 0.3 is 0 Å². The van der Waals surface area contributed by atoms with Gasteiger partial charge in [-0.2, -0.15) is 14.6 Å². The molecule has 7 nitrogen and oxygen atoms in total. The Morgan fingerprint density at radius 2 is 1.89 bits per heavy atom. The predicted molar refractivity (Wildman–Crippen MR) is 140 cm³/mol. The second-order valence-corrected chi connectivity index (χ2v) is 10.5. The van der Waals surface area contributed by atoms with Gasteiger partial charge in [-0.3, -0.25) is 4.68 Å². The number of nitrogens with one attached hydrogen (secondary N) is 1. The smallest absolute Gasteiger partial charge is 0.215 e. The molecular weight excluding hydrogens is 476 g/mol. The van der Waals surface area contributed by atoms with Crippen LogP contribution in [0.1, 0.15) is 43.3 Å². The van der Waals surface area contributed by atoms with E-state index in [1.54, 1.807) is 23.9 Å². The van der Waals surface area contributed by atoms with Crippen LogP contribution in [0.2, 0.25) is 0 Å². The number of fused-ring (bicyclic) bond motifs is 1. The Morgan fingerprint density at radius 1 is 1.14 bits per heavy atom. The molecule has 0 radical (unpaired) electrons.